The molecule has 1 N–H and O–H groups in total. The summed E-state index contributed by atoms with van der Waals surface area (Å²) in [6.45, 7) is 7.04. The summed E-state index contributed by atoms with van der Waals surface area (Å²) < 4.78 is 30.6. The lowest BCUT2D eigenvalue weighted by Gasteiger charge is -2.18. The van der Waals surface area contributed by atoms with Crippen LogP contribution in [0.5, 0.6) is 0 Å². The molecule has 4 nitrogen and oxygen atoms in total. The molecule has 0 aliphatic heterocycles. The summed E-state index contributed by atoms with van der Waals surface area (Å²) in [5.41, 5.74) is -0.220. The van der Waals surface area contributed by atoms with Gasteiger partial charge in [0.1, 0.15) is 0 Å². The molecule has 0 fully saturated rings. The van der Waals surface area contributed by atoms with Crippen LogP contribution in [0.3, 0.4) is 0 Å². The van der Waals surface area contributed by atoms with Crippen molar-refractivity contribution in [2.45, 2.75) is 20.8 Å². The second kappa shape index (κ2) is 6.83. The maximum atomic E-state index is 11.5. The molecule has 0 heterocycles. The van der Waals surface area contributed by atoms with Crippen molar-refractivity contribution in [3.63, 3.8) is 0 Å². The van der Waals surface area contributed by atoms with Gasteiger partial charge < -0.3 is 4.74 Å². The fraction of sp³-hybridized carbons (Fsp3) is 1.00. The zero-order chi connectivity index (χ0) is 11.9. The van der Waals surface area contributed by atoms with Crippen molar-refractivity contribution in [2.24, 2.45) is 5.41 Å². The number of rotatable bonds is 7. The number of nitrogens with one attached hydrogen (secondary N) is 1. The fourth-order valence-corrected chi connectivity index (χ4v) is 2.91. The average Bonchev–Trinajstić information content (AvgIpc) is 1.99. The molecule has 0 amide bonds. The zero-order valence-electron chi connectivity index (χ0n) is 9.55. The van der Waals surface area contributed by atoms with Crippen molar-refractivity contribution in [1.29, 1.82) is 0 Å². The standard InChI is InChI=1S/C9H20BrNO3S/c1-9(2,3)8-15(12,13)11-5-7-14-6-4-10/h11H,4-8H2,1-3H3. The summed E-state index contributed by atoms with van der Waals surface area (Å²) >= 11 is 3.22. The van der Waals surface area contributed by atoms with E-state index in [1.165, 1.54) is 0 Å². The van der Waals surface area contributed by atoms with Crippen LogP contribution >= 0.6 is 15.9 Å². The third-order valence-electron chi connectivity index (χ3n) is 1.41. The molecule has 0 saturated heterocycles. The molecule has 6 heteroatoms. The zero-order valence-corrected chi connectivity index (χ0v) is 11.9. The fourth-order valence-electron chi connectivity index (χ4n) is 1.05. The van der Waals surface area contributed by atoms with E-state index in [0.717, 1.165) is 5.33 Å². The van der Waals surface area contributed by atoms with Crippen LogP contribution in [0.4, 0.5) is 0 Å². The van der Waals surface area contributed by atoms with E-state index in [4.69, 9.17) is 4.74 Å². The van der Waals surface area contributed by atoms with Gasteiger partial charge in [-0.15, -0.1) is 0 Å². The van der Waals surface area contributed by atoms with Crippen LogP contribution in [-0.2, 0) is 14.8 Å². The molecule has 0 bridgehead atoms. The number of hydrogen-bond donors (Lipinski definition) is 1. The maximum Gasteiger partial charge on any atom is 0.212 e. The van der Waals surface area contributed by atoms with E-state index in [9.17, 15) is 8.42 Å². The summed E-state index contributed by atoms with van der Waals surface area (Å²) in [5, 5.41) is 0.766. The van der Waals surface area contributed by atoms with Crippen molar-refractivity contribution in [2.75, 3.05) is 30.8 Å². The first-order valence-corrected chi connectivity index (χ1v) is 7.65. The maximum absolute atomic E-state index is 11.5. The molecule has 0 aromatic carbocycles. The van der Waals surface area contributed by atoms with E-state index in [0.29, 0.717) is 19.8 Å². The summed E-state index contributed by atoms with van der Waals surface area (Å²) in [6, 6.07) is 0. The van der Waals surface area contributed by atoms with E-state index in [2.05, 4.69) is 20.7 Å². The predicted molar refractivity (Wildman–Crippen MR) is 65.9 cm³/mol. The molecule has 0 atom stereocenters. The molecule has 0 rings (SSSR count). The van der Waals surface area contributed by atoms with Gasteiger partial charge >= 0.3 is 0 Å². The molecular formula is C9H20BrNO3S. The quantitative estimate of drug-likeness (QED) is 0.571. The van der Waals surface area contributed by atoms with E-state index in [-0.39, 0.29) is 11.2 Å². The van der Waals surface area contributed by atoms with Gasteiger partial charge in [0.2, 0.25) is 10.0 Å². The normalized spacial score (nSPS) is 13.1. The predicted octanol–water partition coefficient (Wildman–Crippen LogP) is 1.36. The van der Waals surface area contributed by atoms with Crippen molar-refractivity contribution >= 4 is 26.0 Å². The molecule has 15 heavy (non-hydrogen) atoms. The Morgan fingerprint density at radius 2 is 1.87 bits per heavy atom. The molecule has 0 aliphatic rings. The molecule has 0 aromatic rings. The van der Waals surface area contributed by atoms with Crippen LogP contribution in [-0.4, -0.2) is 39.3 Å². The Balaban J connectivity index is 3.76. The Morgan fingerprint density at radius 1 is 1.27 bits per heavy atom. The van der Waals surface area contributed by atoms with Gasteiger partial charge in [-0.2, -0.15) is 0 Å². The Labute approximate surface area is 101 Å². The first-order valence-electron chi connectivity index (χ1n) is 4.88. The summed E-state index contributed by atoms with van der Waals surface area (Å²) in [6.07, 6.45) is 0. The molecule has 0 saturated carbocycles. The minimum absolute atomic E-state index is 0.137. The van der Waals surface area contributed by atoms with Gasteiger partial charge in [-0.1, -0.05) is 36.7 Å². The van der Waals surface area contributed by atoms with E-state index in [1.807, 2.05) is 20.8 Å². The van der Waals surface area contributed by atoms with Crippen LogP contribution in [0.15, 0.2) is 0 Å². The second-order valence-electron chi connectivity index (χ2n) is 4.52. The molecule has 92 valence electrons. The molecule has 0 aromatic heterocycles. The number of alkyl halides is 1. The largest absolute Gasteiger partial charge is 0.379 e. The topological polar surface area (TPSA) is 55.4 Å². The SMILES string of the molecule is CC(C)(C)CS(=O)(=O)NCCOCCBr. The third kappa shape index (κ3) is 10.6. The first kappa shape index (κ1) is 15.3. The van der Waals surface area contributed by atoms with Crippen LogP contribution in [0.1, 0.15) is 20.8 Å². The van der Waals surface area contributed by atoms with Gasteiger partial charge in [0.05, 0.1) is 19.0 Å². The highest BCUT2D eigenvalue weighted by atomic mass is 79.9. The first-order chi connectivity index (χ1) is 6.77. The minimum Gasteiger partial charge on any atom is -0.379 e. The van der Waals surface area contributed by atoms with Crippen molar-refractivity contribution in [3.8, 4) is 0 Å². The number of sulfonamides is 1. The van der Waals surface area contributed by atoms with Gasteiger partial charge in [-0.3, -0.25) is 0 Å². The summed E-state index contributed by atoms with van der Waals surface area (Å²) in [4.78, 5) is 0. The average molecular weight is 302 g/mol. The third-order valence-corrected chi connectivity index (χ3v) is 3.63. The Morgan fingerprint density at radius 3 is 2.33 bits per heavy atom. The van der Waals surface area contributed by atoms with Gasteiger partial charge in [0.15, 0.2) is 0 Å². The van der Waals surface area contributed by atoms with Crippen molar-refractivity contribution in [3.05, 3.63) is 0 Å². The highest BCUT2D eigenvalue weighted by Gasteiger charge is 2.20. The van der Waals surface area contributed by atoms with Crippen molar-refractivity contribution < 1.29 is 13.2 Å². The second-order valence-corrected chi connectivity index (χ2v) is 7.12. The van der Waals surface area contributed by atoms with Gasteiger partial charge in [0.25, 0.3) is 0 Å². The lowest BCUT2D eigenvalue weighted by atomic mass is 10.0. The van der Waals surface area contributed by atoms with Crippen LogP contribution in [0, 0.1) is 5.41 Å². The molecular weight excluding hydrogens is 282 g/mol. The van der Waals surface area contributed by atoms with Gasteiger partial charge in [0, 0.05) is 11.9 Å². The molecule has 0 radical (unpaired) electrons. The lowest BCUT2D eigenvalue weighted by molar-refractivity contribution is 0.156. The van der Waals surface area contributed by atoms with Crippen LogP contribution in [0.25, 0.3) is 0 Å². The van der Waals surface area contributed by atoms with E-state index >= 15 is 0 Å². The van der Waals surface area contributed by atoms with E-state index < -0.39 is 10.0 Å². The van der Waals surface area contributed by atoms with Crippen LogP contribution in [0.2, 0.25) is 0 Å². The highest BCUT2D eigenvalue weighted by Crippen LogP contribution is 2.14. The monoisotopic (exact) mass is 301 g/mol. The Bertz CT molecular complexity index is 259. The van der Waals surface area contributed by atoms with Gasteiger partial charge in [-0.05, 0) is 5.41 Å². The number of halogens is 1. The van der Waals surface area contributed by atoms with Crippen LogP contribution < -0.4 is 4.72 Å². The summed E-state index contributed by atoms with van der Waals surface area (Å²) in [5.74, 6) is 0.137. The number of ether oxygens (including phenoxy) is 1. The van der Waals surface area contributed by atoms with Gasteiger partial charge in [-0.25, -0.2) is 13.1 Å². The number of hydrogen-bond acceptors (Lipinski definition) is 3. The minimum atomic E-state index is -3.17. The molecule has 0 aliphatic carbocycles. The molecule has 0 spiro atoms. The lowest BCUT2D eigenvalue weighted by Crippen LogP contribution is -2.34. The highest BCUT2D eigenvalue weighted by molar-refractivity contribution is 9.09. The van der Waals surface area contributed by atoms with Crippen molar-refractivity contribution in [1.82, 2.24) is 4.72 Å². The Kier molecular flexibility index (Phi) is 6.99. The molecule has 0 unspecified atom stereocenters. The van der Waals surface area contributed by atoms with E-state index in [1.54, 1.807) is 0 Å². The smallest absolute Gasteiger partial charge is 0.212 e. The Hall–Kier alpha value is 0.350. The summed E-state index contributed by atoms with van der Waals surface area (Å²) in [7, 11) is -3.17.